The minimum Gasteiger partial charge on any atom is -0.432 e. The first kappa shape index (κ1) is 17.3. The van der Waals surface area contributed by atoms with E-state index >= 15 is 0 Å². The number of benzene rings is 3. The maximum Gasteiger partial charge on any atom is 0.387 e. The summed E-state index contributed by atoms with van der Waals surface area (Å²) in [5.41, 5.74) is 1.93. The van der Waals surface area contributed by atoms with Crippen molar-refractivity contribution < 1.29 is 22.3 Å². The predicted molar refractivity (Wildman–Crippen MR) is 89.9 cm³/mol. The smallest absolute Gasteiger partial charge is 0.387 e. The first-order chi connectivity index (χ1) is 12.0. The summed E-state index contributed by atoms with van der Waals surface area (Å²) in [6.45, 7) is -1.07. The fourth-order valence-corrected chi connectivity index (χ4v) is 2.86. The summed E-state index contributed by atoms with van der Waals surface area (Å²) >= 11 is 0. The lowest BCUT2D eigenvalue weighted by molar-refractivity contribution is -0.0520. The quantitative estimate of drug-likeness (QED) is 0.489. The Morgan fingerprint density at radius 3 is 2.44 bits per heavy atom. The molecule has 0 saturated heterocycles. The van der Waals surface area contributed by atoms with Crippen molar-refractivity contribution in [3.8, 4) is 16.9 Å². The van der Waals surface area contributed by atoms with Gasteiger partial charge in [0.2, 0.25) is 0 Å². The van der Waals surface area contributed by atoms with Gasteiger partial charge in [-0.1, -0.05) is 43.7 Å². The Kier molecular flexibility index (Phi) is 4.93. The Morgan fingerprint density at radius 1 is 0.960 bits per heavy atom. The molecule has 25 heavy (non-hydrogen) atoms. The van der Waals surface area contributed by atoms with Crippen LogP contribution in [-0.2, 0) is 6.42 Å². The molecule has 0 aliphatic rings. The zero-order chi connectivity index (χ0) is 18.0. The minimum atomic E-state index is -3.10. The molecule has 0 fully saturated rings. The topological polar surface area (TPSA) is 9.23 Å². The highest BCUT2D eigenvalue weighted by Crippen LogP contribution is 2.32. The van der Waals surface area contributed by atoms with E-state index in [1.54, 1.807) is 18.2 Å². The van der Waals surface area contributed by atoms with Crippen LogP contribution >= 0.6 is 0 Å². The van der Waals surface area contributed by atoms with Gasteiger partial charge in [0.05, 0.1) is 0 Å². The van der Waals surface area contributed by atoms with Crippen molar-refractivity contribution in [2.24, 2.45) is 0 Å². The molecule has 0 spiro atoms. The van der Waals surface area contributed by atoms with Crippen molar-refractivity contribution in [3.63, 3.8) is 0 Å². The minimum absolute atomic E-state index is 0.143. The lowest BCUT2D eigenvalue weighted by Gasteiger charge is -2.10. The van der Waals surface area contributed by atoms with E-state index in [1.807, 2.05) is 13.0 Å². The molecule has 0 bridgehead atoms. The second-order valence-electron chi connectivity index (χ2n) is 5.76. The van der Waals surface area contributed by atoms with E-state index in [0.717, 1.165) is 24.5 Å². The van der Waals surface area contributed by atoms with Crippen molar-refractivity contribution in [1.29, 1.82) is 0 Å². The van der Waals surface area contributed by atoms with Crippen LogP contribution in [0.25, 0.3) is 21.9 Å². The molecule has 1 nitrogen and oxygen atoms in total. The Bertz CT molecular complexity index is 906. The summed E-state index contributed by atoms with van der Waals surface area (Å²) in [7, 11) is 0. The molecular formula is C20H16F4O. The van der Waals surface area contributed by atoms with Crippen molar-refractivity contribution in [3.05, 3.63) is 65.7 Å². The molecule has 0 amide bonds. The van der Waals surface area contributed by atoms with E-state index in [9.17, 15) is 17.6 Å². The van der Waals surface area contributed by atoms with Crippen LogP contribution in [-0.4, -0.2) is 6.61 Å². The molecule has 0 aromatic heterocycles. The van der Waals surface area contributed by atoms with Gasteiger partial charge >= 0.3 is 6.61 Å². The molecule has 0 radical (unpaired) electrons. The molecule has 0 aliphatic carbocycles. The van der Waals surface area contributed by atoms with E-state index in [1.165, 1.54) is 18.2 Å². The molecule has 0 atom stereocenters. The van der Waals surface area contributed by atoms with Crippen LogP contribution in [0.15, 0.2) is 48.5 Å². The predicted octanol–water partition coefficient (Wildman–Crippen LogP) is 6.34. The Labute approximate surface area is 142 Å². The number of fused-ring (bicyclic) bond motifs is 1. The van der Waals surface area contributed by atoms with Crippen LogP contribution in [0.1, 0.15) is 18.9 Å². The molecule has 3 aromatic rings. The molecule has 0 aliphatic heterocycles. The van der Waals surface area contributed by atoms with E-state index in [4.69, 9.17) is 0 Å². The number of hydrogen-bond acceptors (Lipinski definition) is 1. The second-order valence-corrected chi connectivity index (χ2v) is 5.76. The number of hydrogen-bond donors (Lipinski definition) is 0. The van der Waals surface area contributed by atoms with Gasteiger partial charge in [-0.05, 0) is 41.1 Å². The molecule has 3 aromatic carbocycles. The molecule has 3 rings (SSSR count). The third kappa shape index (κ3) is 3.60. The average molecular weight is 348 g/mol. The van der Waals surface area contributed by atoms with E-state index < -0.39 is 18.2 Å². The van der Waals surface area contributed by atoms with Gasteiger partial charge in [-0.3, -0.25) is 0 Å². The van der Waals surface area contributed by atoms with Crippen LogP contribution in [0.5, 0.6) is 5.75 Å². The number of halogens is 4. The van der Waals surface area contributed by atoms with Crippen molar-refractivity contribution >= 4 is 10.8 Å². The second kappa shape index (κ2) is 7.13. The van der Waals surface area contributed by atoms with Crippen LogP contribution in [0.3, 0.4) is 0 Å². The zero-order valence-electron chi connectivity index (χ0n) is 13.5. The lowest BCUT2D eigenvalue weighted by Crippen LogP contribution is -2.03. The largest absolute Gasteiger partial charge is 0.432 e. The summed E-state index contributed by atoms with van der Waals surface area (Å²) in [6, 6.07) is 12.3. The number of rotatable bonds is 5. The standard InChI is InChI=1S/C20H16F4O/c1-2-3-12-4-7-15(17(21)10-12)13-5-8-16-14(11-13)6-9-18(19(16)22)25-20(23)24/h4-11,20H,2-3H2,1H3. The molecule has 0 unspecified atom stereocenters. The van der Waals surface area contributed by atoms with Gasteiger partial charge in [0.15, 0.2) is 11.6 Å². The van der Waals surface area contributed by atoms with Crippen molar-refractivity contribution in [2.45, 2.75) is 26.4 Å². The fourth-order valence-electron chi connectivity index (χ4n) is 2.86. The summed E-state index contributed by atoms with van der Waals surface area (Å²) in [6.07, 6.45) is 1.73. The first-order valence-electron chi connectivity index (χ1n) is 7.95. The van der Waals surface area contributed by atoms with Gasteiger partial charge in [-0.15, -0.1) is 0 Å². The fraction of sp³-hybridized carbons (Fsp3) is 0.200. The third-order valence-corrected chi connectivity index (χ3v) is 4.02. The molecular weight excluding hydrogens is 332 g/mol. The van der Waals surface area contributed by atoms with E-state index in [2.05, 4.69) is 4.74 Å². The highest BCUT2D eigenvalue weighted by molar-refractivity contribution is 5.89. The Hall–Kier alpha value is -2.56. The number of ether oxygens (including phenoxy) is 1. The molecule has 5 heteroatoms. The molecule has 0 N–H and O–H groups in total. The maximum absolute atomic E-state index is 14.4. The highest BCUT2D eigenvalue weighted by Gasteiger charge is 2.14. The SMILES string of the molecule is CCCc1ccc(-c2ccc3c(F)c(OC(F)F)ccc3c2)c(F)c1. The van der Waals surface area contributed by atoms with Crippen LogP contribution in [0.2, 0.25) is 0 Å². The Morgan fingerprint density at radius 2 is 1.76 bits per heavy atom. The van der Waals surface area contributed by atoms with Gasteiger partial charge in [0.1, 0.15) is 5.82 Å². The highest BCUT2D eigenvalue weighted by atomic mass is 19.3. The Balaban J connectivity index is 2.02. The van der Waals surface area contributed by atoms with Gasteiger partial charge in [0, 0.05) is 10.9 Å². The van der Waals surface area contributed by atoms with Gasteiger partial charge in [0.25, 0.3) is 0 Å². The summed E-state index contributed by atoms with van der Waals surface area (Å²) in [4.78, 5) is 0. The van der Waals surface area contributed by atoms with Crippen molar-refractivity contribution in [1.82, 2.24) is 0 Å². The van der Waals surface area contributed by atoms with Crippen LogP contribution in [0, 0.1) is 11.6 Å². The van der Waals surface area contributed by atoms with Crippen molar-refractivity contribution in [2.75, 3.05) is 0 Å². The summed E-state index contributed by atoms with van der Waals surface area (Å²) in [5, 5.41) is 0.624. The molecule has 0 heterocycles. The summed E-state index contributed by atoms with van der Waals surface area (Å²) in [5.74, 6) is -1.71. The van der Waals surface area contributed by atoms with Gasteiger partial charge < -0.3 is 4.74 Å². The summed E-state index contributed by atoms with van der Waals surface area (Å²) < 4.78 is 57.3. The monoisotopic (exact) mass is 348 g/mol. The lowest BCUT2D eigenvalue weighted by atomic mass is 9.98. The maximum atomic E-state index is 14.4. The zero-order valence-corrected chi connectivity index (χ0v) is 13.5. The first-order valence-corrected chi connectivity index (χ1v) is 7.95. The van der Waals surface area contributed by atoms with E-state index in [0.29, 0.717) is 16.5 Å². The normalized spacial score (nSPS) is 11.3. The third-order valence-electron chi connectivity index (χ3n) is 4.02. The van der Waals surface area contributed by atoms with Crippen LogP contribution in [0.4, 0.5) is 17.6 Å². The number of alkyl halides is 2. The average Bonchev–Trinajstić information content (AvgIpc) is 2.57. The van der Waals surface area contributed by atoms with Gasteiger partial charge in [-0.25, -0.2) is 8.78 Å². The van der Waals surface area contributed by atoms with E-state index in [-0.39, 0.29) is 11.2 Å². The van der Waals surface area contributed by atoms with Gasteiger partial charge in [-0.2, -0.15) is 8.78 Å². The molecule has 130 valence electrons. The van der Waals surface area contributed by atoms with Crippen LogP contribution < -0.4 is 4.74 Å². The molecule has 0 saturated carbocycles. The number of aryl methyl sites for hydroxylation is 1.